The van der Waals surface area contributed by atoms with Crippen molar-refractivity contribution in [2.75, 3.05) is 11.9 Å². The molecular weight excluding hydrogens is 349 g/mol. The molecule has 0 saturated heterocycles. The Labute approximate surface area is 154 Å². The largest absolute Gasteiger partial charge is 0.354 e. The van der Waals surface area contributed by atoms with Crippen molar-refractivity contribution in [2.24, 2.45) is 5.92 Å². The summed E-state index contributed by atoms with van der Waals surface area (Å²) in [4.78, 5) is 14.6. The van der Waals surface area contributed by atoms with Crippen molar-refractivity contribution in [2.45, 2.75) is 13.8 Å². The SMILES string of the molecule is CC(C)CNc1nccc(-c2c(-c3ccc(F)cc3)nc3sccn23)n1. The van der Waals surface area contributed by atoms with E-state index in [2.05, 4.69) is 29.1 Å². The van der Waals surface area contributed by atoms with E-state index in [-0.39, 0.29) is 5.82 Å². The normalized spacial score (nSPS) is 11.4. The summed E-state index contributed by atoms with van der Waals surface area (Å²) >= 11 is 1.55. The molecule has 0 atom stereocenters. The van der Waals surface area contributed by atoms with Crippen LogP contribution in [0.4, 0.5) is 10.3 Å². The first-order valence-corrected chi connectivity index (χ1v) is 9.28. The fourth-order valence-electron chi connectivity index (χ4n) is 2.71. The molecule has 0 saturated carbocycles. The topological polar surface area (TPSA) is 55.1 Å². The molecule has 0 bridgehead atoms. The Balaban J connectivity index is 1.83. The lowest BCUT2D eigenvalue weighted by molar-refractivity contribution is 0.628. The molecule has 0 aliphatic carbocycles. The number of imidazole rings is 1. The van der Waals surface area contributed by atoms with E-state index >= 15 is 0 Å². The van der Waals surface area contributed by atoms with Crippen molar-refractivity contribution < 1.29 is 4.39 Å². The van der Waals surface area contributed by atoms with Crippen LogP contribution in [0.15, 0.2) is 48.1 Å². The highest BCUT2D eigenvalue weighted by molar-refractivity contribution is 7.15. The van der Waals surface area contributed by atoms with Gasteiger partial charge in [-0.05, 0) is 36.2 Å². The summed E-state index contributed by atoms with van der Waals surface area (Å²) in [6.07, 6.45) is 3.71. The van der Waals surface area contributed by atoms with Crippen LogP contribution in [-0.4, -0.2) is 25.9 Å². The van der Waals surface area contributed by atoms with Crippen molar-refractivity contribution in [3.05, 3.63) is 53.9 Å². The minimum absolute atomic E-state index is 0.265. The van der Waals surface area contributed by atoms with Crippen LogP contribution >= 0.6 is 11.3 Å². The molecule has 26 heavy (non-hydrogen) atoms. The van der Waals surface area contributed by atoms with Gasteiger partial charge in [-0.15, -0.1) is 11.3 Å². The molecule has 1 aromatic carbocycles. The molecular formula is C19H18FN5S. The maximum Gasteiger partial charge on any atom is 0.223 e. The molecule has 0 amide bonds. The Kier molecular flexibility index (Phi) is 4.38. The Morgan fingerprint density at radius 3 is 2.73 bits per heavy atom. The van der Waals surface area contributed by atoms with Gasteiger partial charge in [-0.3, -0.25) is 4.40 Å². The van der Waals surface area contributed by atoms with Crippen LogP contribution in [0.25, 0.3) is 27.6 Å². The molecule has 0 unspecified atom stereocenters. The third-order valence-electron chi connectivity index (χ3n) is 3.95. The van der Waals surface area contributed by atoms with E-state index in [1.165, 1.54) is 12.1 Å². The monoisotopic (exact) mass is 367 g/mol. The Bertz CT molecular complexity index is 1040. The standard InChI is InChI=1S/C19H18FN5S/c1-12(2)11-22-18-21-8-7-15(23-18)17-16(13-3-5-14(20)6-4-13)24-19-25(17)9-10-26-19/h3-10,12H,11H2,1-2H3,(H,21,22,23). The maximum atomic E-state index is 13.3. The van der Waals surface area contributed by atoms with Gasteiger partial charge in [-0.2, -0.15) is 0 Å². The van der Waals surface area contributed by atoms with Gasteiger partial charge in [0.25, 0.3) is 0 Å². The number of nitrogens with zero attached hydrogens (tertiary/aromatic N) is 4. The second kappa shape index (κ2) is 6.84. The number of aromatic nitrogens is 4. The van der Waals surface area contributed by atoms with E-state index in [0.717, 1.165) is 34.2 Å². The number of rotatable bonds is 5. The number of hydrogen-bond donors (Lipinski definition) is 1. The molecule has 0 fully saturated rings. The van der Waals surface area contributed by atoms with Crippen LogP contribution in [0.3, 0.4) is 0 Å². The van der Waals surface area contributed by atoms with Gasteiger partial charge in [0.05, 0.1) is 11.4 Å². The van der Waals surface area contributed by atoms with Gasteiger partial charge in [0.1, 0.15) is 11.5 Å². The molecule has 4 aromatic rings. The van der Waals surface area contributed by atoms with E-state index in [4.69, 9.17) is 4.98 Å². The van der Waals surface area contributed by atoms with Gasteiger partial charge in [0, 0.05) is 29.9 Å². The number of anilines is 1. The van der Waals surface area contributed by atoms with E-state index in [1.807, 2.05) is 22.0 Å². The zero-order valence-electron chi connectivity index (χ0n) is 14.5. The van der Waals surface area contributed by atoms with E-state index in [9.17, 15) is 4.39 Å². The highest BCUT2D eigenvalue weighted by Gasteiger charge is 2.18. The number of fused-ring (bicyclic) bond motifs is 1. The Morgan fingerprint density at radius 2 is 1.96 bits per heavy atom. The molecule has 0 aliphatic rings. The van der Waals surface area contributed by atoms with Crippen LogP contribution in [-0.2, 0) is 0 Å². The minimum atomic E-state index is -0.265. The van der Waals surface area contributed by atoms with Crippen molar-refractivity contribution in [3.8, 4) is 22.6 Å². The summed E-state index contributed by atoms with van der Waals surface area (Å²) in [6, 6.07) is 8.24. The summed E-state index contributed by atoms with van der Waals surface area (Å²) in [5.41, 5.74) is 3.29. The second-order valence-electron chi connectivity index (χ2n) is 6.41. The summed E-state index contributed by atoms with van der Waals surface area (Å²) in [5, 5.41) is 5.24. The molecule has 7 heteroatoms. The van der Waals surface area contributed by atoms with E-state index < -0.39 is 0 Å². The first kappa shape index (κ1) is 16.7. The number of hydrogen-bond acceptors (Lipinski definition) is 5. The molecule has 3 heterocycles. The highest BCUT2D eigenvalue weighted by atomic mass is 32.1. The minimum Gasteiger partial charge on any atom is -0.354 e. The first-order chi connectivity index (χ1) is 12.6. The van der Waals surface area contributed by atoms with Gasteiger partial charge in [-0.25, -0.2) is 19.3 Å². The fourth-order valence-corrected chi connectivity index (χ4v) is 3.42. The number of nitrogens with one attached hydrogen (secondary N) is 1. The van der Waals surface area contributed by atoms with Gasteiger partial charge >= 0.3 is 0 Å². The molecule has 5 nitrogen and oxygen atoms in total. The van der Waals surface area contributed by atoms with Crippen LogP contribution in [0.2, 0.25) is 0 Å². The van der Waals surface area contributed by atoms with Crippen LogP contribution in [0.1, 0.15) is 13.8 Å². The second-order valence-corrected chi connectivity index (χ2v) is 7.28. The van der Waals surface area contributed by atoms with Crippen LogP contribution in [0.5, 0.6) is 0 Å². The summed E-state index contributed by atoms with van der Waals surface area (Å²) in [5.74, 6) is 0.820. The van der Waals surface area contributed by atoms with Crippen molar-refractivity contribution in [1.82, 2.24) is 19.4 Å². The number of benzene rings is 1. The van der Waals surface area contributed by atoms with Gasteiger partial charge in [0.2, 0.25) is 5.95 Å². The van der Waals surface area contributed by atoms with Gasteiger partial charge in [-0.1, -0.05) is 13.8 Å². The summed E-state index contributed by atoms with van der Waals surface area (Å²) in [6.45, 7) is 5.07. The molecule has 0 spiro atoms. The van der Waals surface area contributed by atoms with Gasteiger partial charge in [0.15, 0.2) is 4.96 Å². The third-order valence-corrected chi connectivity index (χ3v) is 4.70. The van der Waals surface area contributed by atoms with Gasteiger partial charge < -0.3 is 5.32 Å². The van der Waals surface area contributed by atoms with Crippen LogP contribution < -0.4 is 5.32 Å². The predicted octanol–water partition coefficient (Wildman–Crippen LogP) is 4.73. The molecule has 0 aliphatic heterocycles. The Hall–Kier alpha value is -2.80. The number of thiazole rings is 1. The van der Waals surface area contributed by atoms with E-state index in [1.54, 1.807) is 29.7 Å². The lowest BCUT2D eigenvalue weighted by atomic mass is 10.1. The molecule has 132 valence electrons. The first-order valence-electron chi connectivity index (χ1n) is 8.40. The van der Waals surface area contributed by atoms with Crippen LogP contribution in [0, 0.1) is 11.7 Å². The zero-order valence-corrected chi connectivity index (χ0v) is 15.3. The molecule has 4 rings (SSSR count). The van der Waals surface area contributed by atoms with E-state index in [0.29, 0.717) is 11.9 Å². The number of halogens is 1. The third kappa shape index (κ3) is 3.17. The van der Waals surface area contributed by atoms with Crippen molar-refractivity contribution in [1.29, 1.82) is 0 Å². The zero-order chi connectivity index (χ0) is 18.1. The lowest BCUT2D eigenvalue weighted by Gasteiger charge is -2.09. The quantitative estimate of drug-likeness (QED) is 0.554. The predicted molar refractivity (Wildman–Crippen MR) is 103 cm³/mol. The van der Waals surface area contributed by atoms with Crippen molar-refractivity contribution in [3.63, 3.8) is 0 Å². The fraction of sp³-hybridized carbons (Fsp3) is 0.211. The molecule has 0 radical (unpaired) electrons. The summed E-state index contributed by atoms with van der Waals surface area (Å²) < 4.78 is 15.3. The molecule has 3 aromatic heterocycles. The lowest BCUT2D eigenvalue weighted by Crippen LogP contribution is -2.10. The Morgan fingerprint density at radius 1 is 1.15 bits per heavy atom. The van der Waals surface area contributed by atoms with Crippen molar-refractivity contribution >= 4 is 22.2 Å². The summed E-state index contributed by atoms with van der Waals surface area (Å²) in [7, 11) is 0. The highest BCUT2D eigenvalue weighted by Crippen LogP contribution is 2.33. The average molecular weight is 367 g/mol. The maximum absolute atomic E-state index is 13.3. The smallest absolute Gasteiger partial charge is 0.223 e. The average Bonchev–Trinajstić information content (AvgIpc) is 3.22. The molecule has 1 N–H and O–H groups in total.